The molecule has 0 aliphatic carbocycles. The minimum Gasteiger partial charge on any atom is -0.393 e. The molecule has 0 radical (unpaired) electrons. The summed E-state index contributed by atoms with van der Waals surface area (Å²) in [4.78, 5) is 2.95. The molecule has 3 nitrogen and oxygen atoms in total. The van der Waals surface area contributed by atoms with Gasteiger partial charge in [0.1, 0.15) is 0 Å². The second kappa shape index (κ2) is 6.98. The van der Waals surface area contributed by atoms with E-state index < -0.39 is 0 Å². The van der Waals surface area contributed by atoms with Crippen LogP contribution in [0.5, 0.6) is 0 Å². The van der Waals surface area contributed by atoms with Gasteiger partial charge in [-0.2, -0.15) is 0 Å². The van der Waals surface area contributed by atoms with Gasteiger partial charge >= 0.3 is 0 Å². The van der Waals surface area contributed by atoms with Gasteiger partial charge in [0, 0.05) is 31.7 Å². The molecule has 1 aromatic carbocycles. The van der Waals surface area contributed by atoms with Crippen molar-refractivity contribution >= 4 is 17.2 Å². The smallest absolute Gasteiger partial charge is 0.0816 e. The van der Waals surface area contributed by atoms with E-state index in [0.29, 0.717) is 11.0 Å². The number of benzene rings is 1. The maximum Gasteiger partial charge on any atom is 0.0816 e. The summed E-state index contributed by atoms with van der Waals surface area (Å²) in [5.41, 5.74) is 7.13. The second-order valence-electron chi connectivity index (χ2n) is 5.15. The highest BCUT2D eigenvalue weighted by Gasteiger charge is 2.23. The van der Waals surface area contributed by atoms with Gasteiger partial charge in [-0.05, 0) is 25.5 Å². The molecule has 2 rings (SSSR count). The average molecular weight is 278 g/mol. The van der Waals surface area contributed by atoms with Gasteiger partial charge in [0.25, 0.3) is 0 Å². The van der Waals surface area contributed by atoms with Crippen LogP contribution in [0.2, 0.25) is 0 Å². The minimum atomic E-state index is 0.129. The normalized spacial score (nSPS) is 18.4. The number of hydrogen-bond donors (Lipinski definition) is 1. The number of hydrogen-bond acceptors (Lipinski definition) is 3. The van der Waals surface area contributed by atoms with E-state index in [1.165, 1.54) is 5.56 Å². The zero-order chi connectivity index (χ0) is 13.7. The molecule has 1 aliphatic heterocycles. The van der Waals surface area contributed by atoms with Gasteiger partial charge in [0.2, 0.25) is 0 Å². The van der Waals surface area contributed by atoms with Crippen LogP contribution in [0.3, 0.4) is 0 Å². The van der Waals surface area contributed by atoms with Crippen molar-refractivity contribution in [1.82, 2.24) is 4.90 Å². The molecule has 1 heterocycles. The van der Waals surface area contributed by atoms with E-state index in [-0.39, 0.29) is 5.92 Å². The zero-order valence-corrected chi connectivity index (χ0v) is 12.2. The van der Waals surface area contributed by atoms with E-state index >= 15 is 0 Å². The summed E-state index contributed by atoms with van der Waals surface area (Å²) in [5, 5.41) is 0. The maximum absolute atomic E-state index is 5.93. The first-order valence-electron chi connectivity index (χ1n) is 6.80. The van der Waals surface area contributed by atoms with E-state index in [4.69, 9.17) is 22.7 Å². The molecule has 0 amide bonds. The van der Waals surface area contributed by atoms with Crippen molar-refractivity contribution in [2.24, 2.45) is 5.73 Å². The fraction of sp³-hybridized carbons (Fsp3) is 0.533. The van der Waals surface area contributed by atoms with Crippen LogP contribution in [0, 0.1) is 0 Å². The Balaban J connectivity index is 2.02. The fourth-order valence-corrected chi connectivity index (χ4v) is 2.82. The Labute approximate surface area is 120 Å². The van der Waals surface area contributed by atoms with Crippen LogP contribution in [-0.4, -0.2) is 42.7 Å². The number of ether oxygens (including phenoxy) is 1. The van der Waals surface area contributed by atoms with E-state index in [1.807, 2.05) is 18.2 Å². The van der Waals surface area contributed by atoms with Crippen molar-refractivity contribution in [2.75, 3.05) is 26.8 Å². The van der Waals surface area contributed by atoms with E-state index in [2.05, 4.69) is 24.1 Å². The number of nitrogens with two attached hydrogens (primary N) is 1. The first kappa shape index (κ1) is 14.4. The molecule has 0 aromatic heterocycles. The van der Waals surface area contributed by atoms with Crippen molar-refractivity contribution in [3.63, 3.8) is 0 Å². The molecule has 0 spiro atoms. The summed E-state index contributed by atoms with van der Waals surface area (Å²) in [5.74, 6) is 0.129. The predicted molar refractivity (Wildman–Crippen MR) is 82.4 cm³/mol. The van der Waals surface area contributed by atoms with Crippen LogP contribution in [0.1, 0.15) is 24.3 Å². The molecule has 104 valence electrons. The highest BCUT2D eigenvalue weighted by atomic mass is 32.1. The molecule has 0 saturated carbocycles. The molecule has 1 fully saturated rings. The Morgan fingerprint density at radius 3 is 2.58 bits per heavy atom. The Morgan fingerprint density at radius 2 is 2.00 bits per heavy atom. The number of thiocarbonyl (C=S) groups is 1. The summed E-state index contributed by atoms with van der Waals surface area (Å²) in [6.07, 6.45) is 2.19. The highest BCUT2D eigenvalue weighted by Crippen LogP contribution is 2.20. The average Bonchev–Trinajstić information content (AvgIpc) is 2.46. The van der Waals surface area contributed by atoms with Crippen molar-refractivity contribution < 1.29 is 4.74 Å². The first-order chi connectivity index (χ1) is 9.18. The molecule has 1 saturated heterocycles. The molecule has 1 unspecified atom stereocenters. The van der Waals surface area contributed by atoms with Gasteiger partial charge in [-0.25, -0.2) is 0 Å². The molecule has 0 bridgehead atoms. The maximum atomic E-state index is 5.93. The molecule has 19 heavy (non-hydrogen) atoms. The van der Waals surface area contributed by atoms with E-state index in [1.54, 1.807) is 0 Å². The lowest BCUT2D eigenvalue weighted by molar-refractivity contribution is 0.0428. The van der Waals surface area contributed by atoms with Gasteiger partial charge in [-0.1, -0.05) is 42.5 Å². The van der Waals surface area contributed by atoms with E-state index in [0.717, 1.165) is 32.6 Å². The Kier molecular flexibility index (Phi) is 5.31. The van der Waals surface area contributed by atoms with E-state index in [9.17, 15) is 0 Å². The molecule has 1 aromatic rings. The Bertz CT molecular complexity index is 404. The fourth-order valence-electron chi connectivity index (χ4n) is 2.61. The summed E-state index contributed by atoms with van der Waals surface area (Å²) in [7, 11) is 2.16. The lowest BCUT2D eigenvalue weighted by Crippen LogP contribution is -2.41. The summed E-state index contributed by atoms with van der Waals surface area (Å²) in [6, 6.07) is 10.9. The zero-order valence-electron chi connectivity index (χ0n) is 11.4. The largest absolute Gasteiger partial charge is 0.393 e. The molecule has 1 aliphatic rings. The summed E-state index contributed by atoms with van der Waals surface area (Å²) in [6.45, 7) is 2.60. The third-order valence-electron chi connectivity index (χ3n) is 3.83. The van der Waals surface area contributed by atoms with Crippen LogP contribution in [0.15, 0.2) is 30.3 Å². The minimum absolute atomic E-state index is 0.129. The molecular weight excluding hydrogens is 256 g/mol. The van der Waals surface area contributed by atoms with Gasteiger partial charge in [0.05, 0.1) is 4.99 Å². The van der Waals surface area contributed by atoms with Gasteiger partial charge in [-0.15, -0.1) is 0 Å². The predicted octanol–water partition coefficient (Wildman–Crippen LogP) is 2.17. The van der Waals surface area contributed by atoms with Gasteiger partial charge in [-0.3, -0.25) is 0 Å². The number of nitrogens with zero attached hydrogens (tertiary/aromatic N) is 1. The SMILES string of the molecule is CN(CC(C(N)=S)c1ccccc1)C1CCOCC1. The number of likely N-dealkylation sites (N-methyl/N-ethyl adjacent to an activating group) is 1. The third kappa shape index (κ3) is 4.00. The monoisotopic (exact) mass is 278 g/mol. The quantitative estimate of drug-likeness (QED) is 0.838. The van der Waals surface area contributed by atoms with Crippen molar-refractivity contribution in [1.29, 1.82) is 0 Å². The molecule has 4 heteroatoms. The van der Waals surface area contributed by atoms with Crippen LogP contribution in [0.4, 0.5) is 0 Å². The third-order valence-corrected chi connectivity index (χ3v) is 4.11. The topological polar surface area (TPSA) is 38.5 Å². The summed E-state index contributed by atoms with van der Waals surface area (Å²) < 4.78 is 5.41. The molecular formula is C15H22N2OS. The second-order valence-corrected chi connectivity index (χ2v) is 5.62. The van der Waals surface area contributed by atoms with Crippen molar-refractivity contribution in [2.45, 2.75) is 24.8 Å². The van der Waals surface area contributed by atoms with Gasteiger partial charge in [0.15, 0.2) is 0 Å². The molecule has 2 N–H and O–H groups in total. The van der Waals surface area contributed by atoms with Crippen LogP contribution < -0.4 is 5.73 Å². The first-order valence-corrected chi connectivity index (χ1v) is 7.21. The van der Waals surface area contributed by atoms with Crippen LogP contribution >= 0.6 is 12.2 Å². The highest BCUT2D eigenvalue weighted by molar-refractivity contribution is 7.80. The lowest BCUT2D eigenvalue weighted by Gasteiger charge is -2.33. The number of rotatable bonds is 5. The summed E-state index contributed by atoms with van der Waals surface area (Å²) >= 11 is 5.25. The van der Waals surface area contributed by atoms with Crippen molar-refractivity contribution in [3.05, 3.63) is 35.9 Å². The Morgan fingerprint density at radius 1 is 1.37 bits per heavy atom. The lowest BCUT2D eigenvalue weighted by atomic mass is 9.97. The van der Waals surface area contributed by atoms with Crippen LogP contribution in [-0.2, 0) is 4.74 Å². The van der Waals surface area contributed by atoms with Crippen LogP contribution in [0.25, 0.3) is 0 Å². The standard InChI is InChI=1S/C15H22N2OS/c1-17(13-7-9-18-10-8-13)11-14(15(16)19)12-5-3-2-4-6-12/h2-6,13-14H,7-11H2,1H3,(H2,16,19). The van der Waals surface area contributed by atoms with Crippen molar-refractivity contribution in [3.8, 4) is 0 Å². The Hall–Kier alpha value is -0.970. The molecule has 1 atom stereocenters. The van der Waals surface area contributed by atoms with Gasteiger partial charge < -0.3 is 15.4 Å².